The van der Waals surface area contributed by atoms with Crippen LogP contribution in [0.4, 0.5) is 0 Å². The average molecular weight is 430 g/mol. The van der Waals surface area contributed by atoms with Crippen molar-refractivity contribution in [3.8, 4) is 6.07 Å². The molecule has 2 amide bonds. The van der Waals surface area contributed by atoms with Gasteiger partial charge in [-0.25, -0.2) is 4.79 Å². The first kappa shape index (κ1) is 23.5. The lowest BCUT2D eigenvalue weighted by Crippen LogP contribution is -2.35. The maximum absolute atomic E-state index is 12.6. The largest absolute Gasteiger partial charge is 0.465 e. The lowest BCUT2D eigenvalue weighted by atomic mass is 9.87. The molecule has 1 atom stereocenters. The van der Waals surface area contributed by atoms with Crippen molar-refractivity contribution in [3.05, 3.63) is 46.0 Å². The molecule has 0 fully saturated rings. The van der Waals surface area contributed by atoms with Crippen molar-refractivity contribution in [3.63, 3.8) is 0 Å². The molecule has 0 radical (unpaired) electrons. The number of nitrogens with one attached hydrogen (secondary N) is 1. The summed E-state index contributed by atoms with van der Waals surface area (Å²) in [6, 6.07) is 8.89. The number of amides is 2. The fourth-order valence-corrected chi connectivity index (χ4v) is 4.29. The summed E-state index contributed by atoms with van der Waals surface area (Å²) in [5.74, 6) is -0.917. The summed E-state index contributed by atoms with van der Waals surface area (Å²) in [6.45, 7) is 5.44. The molecule has 1 aromatic rings. The second-order valence-electron chi connectivity index (χ2n) is 6.94. The molecule has 7 nitrogen and oxygen atoms in total. The predicted octanol–water partition coefficient (Wildman–Crippen LogP) is 3.19. The number of nitrogens with zero attached hydrogens (tertiary/aromatic N) is 2. The lowest BCUT2D eigenvalue weighted by molar-refractivity contribution is -0.128. The van der Waals surface area contributed by atoms with E-state index in [0.717, 1.165) is 18.4 Å². The SMILES string of the molecule is CCCN(CCC)C(=O)CSC1=C(C#N)[C@H](c2ccc(C(=O)OC)cc2)CC(=O)N1. The highest BCUT2D eigenvalue weighted by Crippen LogP contribution is 2.36. The number of hydrogen-bond acceptors (Lipinski definition) is 6. The van der Waals surface area contributed by atoms with E-state index in [1.165, 1.54) is 18.9 Å². The first-order valence-corrected chi connectivity index (χ1v) is 11.0. The van der Waals surface area contributed by atoms with Gasteiger partial charge in [0, 0.05) is 25.4 Å². The lowest BCUT2D eigenvalue weighted by Gasteiger charge is -2.26. The molecule has 160 valence electrons. The Morgan fingerprint density at radius 1 is 1.23 bits per heavy atom. The van der Waals surface area contributed by atoms with Crippen LogP contribution in [0.15, 0.2) is 34.9 Å². The van der Waals surface area contributed by atoms with Crippen molar-refractivity contribution in [1.82, 2.24) is 10.2 Å². The van der Waals surface area contributed by atoms with Crippen LogP contribution in [0.2, 0.25) is 0 Å². The third kappa shape index (κ3) is 5.86. The van der Waals surface area contributed by atoms with Crippen LogP contribution in [0.25, 0.3) is 0 Å². The summed E-state index contributed by atoms with van der Waals surface area (Å²) in [5, 5.41) is 12.9. The Morgan fingerprint density at radius 2 is 1.87 bits per heavy atom. The number of hydrogen-bond donors (Lipinski definition) is 1. The Hall–Kier alpha value is -2.79. The number of benzene rings is 1. The van der Waals surface area contributed by atoms with Gasteiger partial charge in [-0.1, -0.05) is 37.7 Å². The van der Waals surface area contributed by atoms with Gasteiger partial charge < -0.3 is 15.0 Å². The fourth-order valence-electron chi connectivity index (χ4n) is 3.31. The Labute approximate surface area is 181 Å². The molecule has 0 aliphatic carbocycles. The number of carbonyl (C=O) groups excluding carboxylic acids is 3. The van der Waals surface area contributed by atoms with Crippen LogP contribution in [0.3, 0.4) is 0 Å². The first-order chi connectivity index (χ1) is 14.4. The van der Waals surface area contributed by atoms with E-state index in [0.29, 0.717) is 29.3 Å². The monoisotopic (exact) mass is 429 g/mol. The zero-order valence-corrected chi connectivity index (χ0v) is 18.4. The van der Waals surface area contributed by atoms with Crippen LogP contribution in [-0.2, 0) is 14.3 Å². The molecule has 0 spiro atoms. The van der Waals surface area contributed by atoms with E-state index < -0.39 is 11.9 Å². The first-order valence-electron chi connectivity index (χ1n) is 9.98. The number of rotatable bonds is 9. The molecule has 1 aromatic carbocycles. The highest BCUT2D eigenvalue weighted by atomic mass is 32.2. The summed E-state index contributed by atoms with van der Waals surface area (Å²) in [6.07, 6.45) is 1.89. The van der Waals surface area contributed by atoms with Gasteiger partial charge in [-0.05, 0) is 30.5 Å². The Kier molecular flexibility index (Phi) is 8.93. The molecule has 2 rings (SSSR count). The summed E-state index contributed by atoms with van der Waals surface area (Å²) < 4.78 is 4.70. The van der Waals surface area contributed by atoms with Crippen LogP contribution in [0.5, 0.6) is 0 Å². The van der Waals surface area contributed by atoms with Crippen molar-refractivity contribution in [2.45, 2.75) is 39.0 Å². The Balaban J connectivity index is 2.22. The molecular formula is C22H27N3O4S. The van der Waals surface area contributed by atoms with E-state index in [-0.39, 0.29) is 24.0 Å². The van der Waals surface area contributed by atoms with Crippen LogP contribution in [-0.4, -0.2) is 48.6 Å². The molecule has 0 saturated carbocycles. The number of methoxy groups -OCH3 is 1. The van der Waals surface area contributed by atoms with E-state index in [1.807, 2.05) is 18.7 Å². The highest BCUT2D eigenvalue weighted by Gasteiger charge is 2.30. The van der Waals surface area contributed by atoms with E-state index in [1.54, 1.807) is 24.3 Å². The molecule has 0 aromatic heterocycles. The molecule has 1 N–H and O–H groups in total. The van der Waals surface area contributed by atoms with Crippen molar-refractivity contribution in [1.29, 1.82) is 5.26 Å². The minimum Gasteiger partial charge on any atom is -0.465 e. The van der Waals surface area contributed by atoms with Crippen molar-refractivity contribution in [2.75, 3.05) is 26.0 Å². The smallest absolute Gasteiger partial charge is 0.337 e. The molecule has 1 aliphatic rings. The van der Waals surface area contributed by atoms with Gasteiger partial charge in [0.1, 0.15) is 0 Å². The highest BCUT2D eigenvalue weighted by molar-refractivity contribution is 8.03. The second kappa shape index (κ2) is 11.4. The number of nitriles is 1. The average Bonchev–Trinajstić information content (AvgIpc) is 2.76. The number of esters is 1. The van der Waals surface area contributed by atoms with Crippen LogP contribution in [0.1, 0.15) is 54.9 Å². The Bertz CT molecular complexity index is 852. The van der Waals surface area contributed by atoms with Gasteiger partial charge in [0.05, 0.1) is 35.1 Å². The van der Waals surface area contributed by atoms with E-state index >= 15 is 0 Å². The third-order valence-electron chi connectivity index (χ3n) is 4.77. The molecule has 0 unspecified atom stereocenters. The zero-order valence-electron chi connectivity index (χ0n) is 17.6. The van der Waals surface area contributed by atoms with Gasteiger partial charge in [0.15, 0.2) is 0 Å². The maximum atomic E-state index is 12.6. The molecule has 1 heterocycles. The van der Waals surface area contributed by atoms with Gasteiger partial charge >= 0.3 is 5.97 Å². The molecule has 30 heavy (non-hydrogen) atoms. The number of allylic oxidation sites excluding steroid dienone is 1. The minimum absolute atomic E-state index is 0.00714. The molecule has 1 aliphatic heterocycles. The third-order valence-corrected chi connectivity index (χ3v) is 5.77. The number of ether oxygens (including phenoxy) is 1. The zero-order chi connectivity index (χ0) is 22.1. The van der Waals surface area contributed by atoms with Gasteiger partial charge in [-0.3, -0.25) is 9.59 Å². The summed E-state index contributed by atoms with van der Waals surface area (Å²) >= 11 is 1.19. The van der Waals surface area contributed by atoms with E-state index in [2.05, 4.69) is 11.4 Å². The fraction of sp³-hybridized carbons (Fsp3) is 0.455. The summed E-state index contributed by atoms with van der Waals surface area (Å²) in [4.78, 5) is 38.3. The molecule has 8 heteroatoms. The standard InChI is InChI=1S/C22H27N3O4S/c1-4-10-25(11-5-2)20(27)14-30-21-18(13-23)17(12-19(26)24-21)15-6-8-16(9-7-15)22(28)29-3/h6-9,17H,4-5,10-12,14H2,1-3H3,(H,24,26)/t17-/m0/s1. The van der Waals surface area contributed by atoms with Crippen molar-refractivity contribution in [2.24, 2.45) is 0 Å². The quantitative estimate of drug-likeness (QED) is 0.605. The molecule has 0 saturated heterocycles. The van der Waals surface area contributed by atoms with Crippen LogP contribution < -0.4 is 5.32 Å². The van der Waals surface area contributed by atoms with Gasteiger partial charge in [-0.2, -0.15) is 5.26 Å². The molecular weight excluding hydrogens is 402 g/mol. The van der Waals surface area contributed by atoms with Crippen LogP contribution >= 0.6 is 11.8 Å². The number of thioether (sulfide) groups is 1. The topological polar surface area (TPSA) is 99.5 Å². The van der Waals surface area contributed by atoms with Gasteiger partial charge in [0.2, 0.25) is 11.8 Å². The van der Waals surface area contributed by atoms with Crippen molar-refractivity contribution >= 4 is 29.5 Å². The number of carbonyl (C=O) groups is 3. The van der Waals surface area contributed by atoms with E-state index in [4.69, 9.17) is 4.74 Å². The summed E-state index contributed by atoms with van der Waals surface area (Å²) in [7, 11) is 1.31. The molecule has 0 bridgehead atoms. The second-order valence-corrected chi connectivity index (χ2v) is 7.93. The maximum Gasteiger partial charge on any atom is 0.337 e. The van der Waals surface area contributed by atoms with Gasteiger partial charge in [0.25, 0.3) is 0 Å². The van der Waals surface area contributed by atoms with Crippen LogP contribution in [0, 0.1) is 11.3 Å². The Morgan fingerprint density at radius 3 is 2.40 bits per heavy atom. The summed E-state index contributed by atoms with van der Waals surface area (Å²) in [5.41, 5.74) is 1.59. The predicted molar refractivity (Wildman–Crippen MR) is 116 cm³/mol. The van der Waals surface area contributed by atoms with Crippen molar-refractivity contribution < 1.29 is 19.1 Å². The van der Waals surface area contributed by atoms with Gasteiger partial charge in [-0.15, -0.1) is 0 Å². The normalized spacial score (nSPS) is 15.9. The van der Waals surface area contributed by atoms with E-state index in [9.17, 15) is 19.6 Å². The minimum atomic E-state index is -0.447.